The van der Waals surface area contributed by atoms with Gasteiger partial charge in [-0.25, -0.2) is 0 Å². The quantitative estimate of drug-likeness (QED) is 0.901. The fourth-order valence-electron chi connectivity index (χ4n) is 1.88. The van der Waals surface area contributed by atoms with Crippen LogP contribution < -0.4 is 5.32 Å². The maximum absolute atomic E-state index is 12.2. The van der Waals surface area contributed by atoms with Crippen LogP contribution in [-0.2, 0) is 5.54 Å². The van der Waals surface area contributed by atoms with E-state index in [-0.39, 0.29) is 12.5 Å². The second kappa shape index (κ2) is 5.55. The van der Waals surface area contributed by atoms with Crippen LogP contribution in [0.1, 0.15) is 27.0 Å². The third-order valence-electron chi connectivity index (χ3n) is 3.08. The molecule has 1 aromatic carbocycles. The van der Waals surface area contributed by atoms with Crippen molar-refractivity contribution in [2.45, 2.75) is 19.4 Å². The smallest absolute Gasteiger partial charge is 0.262 e. The van der Waals surface area contributed by atoms with Gasteiger partial charge in [-0.15, -0.1) is 11.3 Å². The Morgan fingerprint density at radius 3 is 2.47 bits per heavy atom. The monoisotopic (exact) mass is 275 g/mol. The lowest BCUT2D eigenvalue weighted by molar-refractivity contribution is 0.0854. The van der Waals surface area contributed by atoms with Crippen LogP contribution in [0.25, 0.3) is 0 Å². The van der Waals surface area contributed by atoms with Crippen LogP contribution in [-0.4, -0.2) is 17.6 Å². The number of aliphatic hydroxyl groups is 1. The van der Waals surface area contributed by atoms with Crippen molar-refractivity contribution in [3.63, 3.8) is 0 Å². The van der Waals surface area contributed by atoms with Crippen LogP contribution in [0.2, 0.25) is 0 Å². The highest BCUT2D eigenvalue weighted by Gasteiger charge is 2.28. The van der Waals surface area contributed by atoms with Crippen LogP contribution in [0.5, 0.6) is 0 Å². The van der Waals surface area contributed by atoms with E-state index in [1.54, 1.807) is 6.07 Å². The molecule has 0 spiro atoms. The van der Waals surface area contributed by atoms with Gasteiger partial charge in [0, 0.05) is 4.88 Å². The van der Waals surface area contributed by atoms with E-state index in [1.165, 1.54) is 11.3 Å². The van der Waals surface area contributed by atoms with Gasteiger partial charge in [-0.1, -0.05) is 30.3 Å². The van der Waals surface area contributed by atoms with E-state index in [0.717, 1.165) is 10.4 Å². The van der Waals surface area contributed by atoms with E-state index < -0.39 is 5.54 Å². The van der Waals surface area contributed by atoms with Gasteiger partial charge in [0.25, 0.3) is 5.91 Å². The highest BCUT2D eigenvalue weighted by atomic mass is 32.1. The lowest BCUT2D eigenvalue weighted by atomic mass is 9.93. The van der Waals surface area contributed by atoms with Crippen molar-refractivity contribution in [1.82, 2.24) is 5.32 Å². The van der Waals surface area contributed by atoms with Gasteiger partial charge in [0.2, 0.25) is 0 Å². The zero-order valence-corrected chi connectivity index (χ0v) is 11.8. The first-order chi connectivity index (χ1) is 9.05. The first kappa shape index (κ1) is 13.8. The molecule has 0 aliphatic heterocycles. The minimum absolute atomic E-state index is 0.146. The lowest BCUT2D eigenvalue weighted by Crippen LogP contribution is -2.46. The van der Waals surface area contributed by atoms with Gasteiger partial charge in [0.1, 0.15) is 0 Å². The van der Waals surface area contributed by atoms with Gasteiger partial charge >= 0.3 is 0 Å². The topological polar surface area (TPSA) is 49.3 Å². The normalized spacial score (nSPS) is 13.8. The maximum atomic E-state index is 12.2. The van der Waals surface area contributed by atoms with Crippen molar-refractivity contribution in [3.05, 3.63) is 57.8 Å². The third kappa shape index (κ3) is 3.03. The number of hydrogen-bond acceptors (Lipinski definition) is 3. The predicted octanol–water partition coefficient (Wildman–Crippen LogP) is 2.69. The van der Waals surface area contributed by atoms with E-state index in [2.05, 4.69) is 5.32 Å². The maximum Gasteiger partial charge on any atom is 0.262 e. The molecule has 0 aliphatic rings. The Bertz CT molecular complexity index is 565. The Labute approximate surface area is 116 Å². The molecule has 100 valence electrons. The molecular weight excluding hydrogens is 258 g/mol. The molecule has 0 saturated heterocycles. The molecule has 0 radical (unpaired) electrons. The standard InChI is InChI=1S/C15H17NO2S/c1-11-8-9-13(19-11)14(18)16-15(2,10-17)12-6-4-3-5-7-12/h3-9,17H,10H2,1-2H3,(H,16,18). The summed E-state index contributed by atoms with van der Waals surface area (Å²) >= 11 is 1.45. The van der Waals surface area contributed by atoms with E-state index in [9.17, 15) is 9.90 Å². The average molecular weight is 275 g/mol. The second-order valence-corrected chi connectivity index (χ2v) is 6.01. The molecule has 4 heteroatoms. The fourth-order valence-corrected chi connectivity index (χ4v) is 2.64. The van der Waals surface area contributed by atoms with Crippen LogP contribution >= 0.6 is 11.3 Å². The molecule has 1 atom stereocenters. The number of thiophene rings is 1. The van der Waals surface area contributed by atoms with E-state index in [0.29, 0.717) is 4.88 Å². The number of aliphatic hydroxyl groups excluding tert-OH is 1. The summed E-state index contributed by atoms with van der Waals surface area (Å²) in [6.07, 6.45) is 0. The SMILES string of the molecule is Cc1ccc(C(=O)NC(C)(CO)c2ccccc2)s1. The first-order valence-electron chi connectivity index (χ1n) is 6.10. The highest BCUT2D eigenvalue weighted by Crippen LogP contribution is 2.22. The van der Waals surface area contributed by atoms with Crippen molar-refractivity contribution in [2.75, 3.05) is 6.61 Å². The average Bonchev–Trinajstić information content (AvgIpc) is 2.86. The van der Waals surface area contributed by atoms with Crippen LogP contribution in [0.15, 0.2) is 42.5 Å². The molecule has 0 fully saturated rings. The van der Waals surface area contributed by atoms with Crippen molar-refractivity contribution in [1.29, 1.82) is 0 Å². The summed E-state index contributed by atoms with van der Waals surface area (Å²) in [6, 6.07) is 13.2. The minimum Gasteiger partial charge on any atom is -0.394 e. The van der Waals surface area contributed by atoms with Crippen molar-refractivity contribution in [2.24, 2.45) is 0 Å². The number of benzene rings is 1. The summed E-state index contributed by atoms with van der Waals surface area (Å²) in [4.78, 5) is 13.9. The Morgan fingerprint density at radius 1 is 1.26 bits per heavy atom. The lowest BCUT2D eigenvalue weighted by Gasteiger charge is -2.29. The van der Waals surface area contributed by atoms with E-state index >= 15 is 0 Å². The number of aryl methyl sites for hydroxylation is 1. The van der Waals surface area contributed by atoms with Gasteiger partial charge in [-0.2, -0.15) is 0 Å². The Hall–Kier alpha value is -1.65. The number of carbonyl (C=O) groups is 1. The molecule has 1 heterocycles. The molecule has 1 unspecified atom stereocenters. The molecule has 1 aromatic heterocycles. The van der Waals surface area contributed by atoms with Gasteiger partial charge < -0.3 is 10.4 Å². The summed E-state index contributed by atoms with van der Waals surface area (Å²) in [5.74, 6) is -0.154. The number of amides is 1. The van der Waals surface area contributed by atoms with Crippen LogP contribution in [0.3, 0.4) is 0 Å². The predicted molar refractivity (Wildman–Crippen MR) is 77.4 cm³/mol. The molecule has 0 aliphatic carbocycles. The number of nitrogens with one attached hydrogen (secondary N) is 1. The Morgan fingerprint density at radius 2 is 1.95 bits per heavy atom. The summed E-state index contributed by atoms with van der Waals surface area (Å²) in [5.41, 5.74) is 0.120. The molecule has 3 nitrogen and oxygen atoms in total. The van der Waals surface area contributed by atoms with Crippen LogP contribution in [0.4, 0.5) is 0 Å². The molecule has 0 bridgehead atoms. The third-order valence-corrected chi connectivity index (χ3v) is 4.08. The second-order valence-electron chi connectivity index (χ2n) is 4.72. The molecule has 2 N–H and O–H groups in total. The van der Waals surface area contributed by atoms with Gasteiger partial charge in [0.15, 0.2) is 0 Å². The molecule has 1 amide bonds. The van der Waals surface area contributed by atoms with Gasteiger partial charge in [-0.3, -0.25) is 4.79 Å². The fraction of sp³-hybridized carbons (Fsp3) is 0.267. The van der Waals surface area contributed by atoms with E-state index in [4.69, 9.17) is 0 Å². The van der Waals surface area contributed by atoms with Crippen molar-refractivity contribution < 1.29 is 9.90 Å². The Kier molecular flexibility index (Phi) is 4.02. The van der Waals surface area contributed by atoms with Gasteiger partial charge in [-0.05, 0) is 31.5 Å². The molecule has 2 aromatic rings. The first-order valence-corrected chi connectivity index (χ1v) is 6.92. The van der Waals surface area contributed by atoms with Crippen molar-refractivity contribution in [3.8, 4) is 0 Å². The highest BCUT2D eigenvalue weighted by molar-refractivity contribution is 7.13. The number of rotatable bonds is 4. The number of hydrogen-bond donors (Lipinski definition) is 2. The largest absolute Gasteiger partial charge is 0.394 e. The zero-order valence-electron chi connectivity index (χ0n) is 11.0. The molecule has 19 heavy (non-hydrogen) atoms. The van der Waals surface area contributed by atoms with Crippen molar-refractivity contribution >= 4 is 17.2 Å². The number of carbonyl (C=O) groups excluding carboxylic acids is 1. The molecule has 2 rings (SSSR count). The summed E-state index contributed by atoms with van der Waals surface area (Å²) in [7, 11) is 0. The summed E-state index contributed by atoms with van der Waals surface area (Å²) in [6.45, 7) is 3.64. The molecule has 0 saturated carbocycles. The zero-order chi connectivity index (χ0) is 13.9. The minimum atomic E-state index is -0.768. The molecular formula is C15H17NO2S. The summed E-state index contributed by atoms with van der Waals surface area (Å²) in [5, 5.41) is 12.5. The summed E-state index contributed by atoms with van der Waals surface area (Å²) < 4.78 is 0. The van der Waals surface area contributed by atoms with E-state index in [1.807, 2.05) is 50.2 Å². The van der Waals surface area contributed by atoms with Gasteiger partial charge in [0.05, 0.1) is 17.0 Å². The Balaban J connectivity index is 2.22. The van der Waals surface area contributed by atoms with Crippen LogP contribution in [0, 0.1) is 6.92 Å².